The molecule has 3 rings (SSSR count). The van der Waals surface area contributed by atoms with Gasteiger partial charge >= 0.3 is 6.03 Å². The number of carbonyl (C=O) groups is 3. The summed E-state index contributed by atoms with van der Waals surface area (Å²) < 4.78 is 10.4. The normalized spacial score (nSPS) is 15.8. The first-order valence-corrected chi connectivity index (χ1v) is 8.97. The van der Waals surface area contributed by atoms with Crippen molar-refractivity contribution in [2.45, 2.75) is 25.9 Å². The highest BCUT2D eigenvalue weighted by atomic mass is 16.5. The molecule has 1 aliphatic heterocycles. The van der Waals surface area contributed by atoms with Crippen LogP contribution in [0.5, 0.6) is 11.5 Å². The van der Waals surface area contributed by atoms with Gasteiger partial charge in [-0.15, -0.1) is 0 Å². The van der Waals surface area contributed by atoms with Crippen LogP contribution in [0.25, 0.3) is 0 Å². The van der Waals surface area contributed by atoms with Gasteiger partial charge in [0.15, 0.2) is 11.5 Å². The second kappa shape index (κ2) is 8.59. The maximum absolute atomic E-state index is 12.6. The molecule has 1 unspecified atom stereocenters. The number of aromatic nitrogens is 1. The Labute approximate surface area is 168 Å². The van der Waals surface area contributed by atoms with Gasteiger partial charge in [0.05, 0.1) is 27.2 Å². The zero-order chi connectivity index (χ0) is 21.0. The third-order valence-electron chi connectivity index (χ3n) is 4.44. The molecule has 1 aliphatic rings. The Hall–Kier alpha value is -3.62. The number of ether oxygens (including phenoxy) is 2. The topological polar surface area (TPSA) is 110 Å². The molecule has 4 amide bonds. The first kappa shape index (κ1) is 20.1. The molecule has 0 bridgehead atoms. The lowest BCUT2D eigenvalue weighted by Gasteiger charge is -2.15. The molecule has 1 aromatic heterocycles. The molecule has 2 aromatic rings. The van der Waals surface area contributed by atoms with Gasteiger partial charge in [0.2, 0.25) is 5.91 Å². The van der Waals surface area contributed by atoms with Gasteiger partial charge in [0.25, 0.3) is 5.91 Å². The summed E-state index contributed by atoms with van der Waals surface area (Å²) in [5.41, 5.74) is 1.45. The van der Waals surface area contributed by atoms with E-state index in [1.807, 2.05) is 13.0 Å². The third kappa shape index (κ3) is 4.63. The average Bonchev–Trinajstić information content (AvgIpc) is 2.95. The standard InChI is InChI=1S/C20H22N4O5/c1-12-5-4-6-17(21-12)23-18(25)10-14-19(26)24(20(27)22-14)11-13-7-8-15(28-2)16(9-13)29-3/h4-9,14H,10-11H2,1-3H3,(H,22,27)(H,21,23,25). The minimum absolute atomic E-state index is 0.0581. The van der Waals surface area contributed by atoms with Crippen molar-refractivity contribution in [1.29, 1.82) is 0 Å². The van der Waals surface area contributed by atoms with Gasteiger partial charge in [-0.1, -0.05) is 12.1 Å². The van der Waals surface area contributed by atoms with Crippen molar-refractivity contribution < 1.29 is 23.9 Å². The summed E-state index contributed by atoms with van der Waals surface area (Å²) in [6.45, 7) is 1.87. The number of carbonyl (C=O) groups excluding carboxylic acids is 3. The van der Waals surface area contributed by atoms with Gasteiger partial charge < -0.3 is 20.1 Å². The number of amides is 4. The lowest BCUT2D eigenvalue weighted by atomic mass is 10.1. The number of methoxy groups -OCH3 is 2. The molecule has 1 aromatic carbocycles. The Balaban J connectivity index is 1.64. The lowest BCUT2D eigenvalue weighted by Crippen LogP contribution is -2.34. The number of benzene rings is 1. The van der Waals surface area contributed by atoms with Crippen LogP contribution in [0, 0.1) is 6.92 Å². The first-order chi connectivity index (χ1) is 13.9. The van der Waals surface area contributed by atoms with Crippen molar-refractivity contribution >= 4 is 23.7 Å². The smallest absolute Gasteiger partial charge is 0.325 e. The Kier molecular flexibility index (Phi) is 5.96. The van der Waals surface area contributed by atoms with Crippen LogP contribution in [0.15, 0.2) is 36.4 Å². The second-order valence-electron chi connectivity index (χ2n) is 6.53. The van der Waals surface area contributed by atoms with E-state index in [-0.39, 0.29) is 13.0 Å². The van der Waals surface area contributed by atoms with Crippen molar-refractivity contribution in [2.24, 2.45) is 0 Å². The van der Waals surface area contributed by atoms with Gasteiger partial charge in [-0.2, -0.15) is 0 Å². The Morgan fingerprint density at radius 1 is 1.17 bits per heavy atom. The fourth-order valence-corrected chi connectivity index (χ4v) is 3.02. The fraction of sp³-hybridized carbons (Fsp3) is 0.300. The molecule has 29 heavy (non-hydrogen) atoms. The molecule has 0 spiro atoms. The SMILES string of the molecule is COc1ccc(CN2C(=O)NC(CC(=O)Nc3cccc(C)n3)C2=O)cc1OC. The third-order valence-corrected chi connectivity index (χ3v) is 4.44. The van der Waals surface area contributed by atoms with Crippen LogP contribution in [0.3, 0.4) is 0 Å². The molecule has 1 saturated heterocycles. The van der Waals surface area contributed by atoms with Gasteiger partial charge in [0, 0.05) is 5.69 Å². The molecule has 152 valence electrons. The van der Waals surface area contributed by atoms with Crippen molar-refractivity contribution in [1.82, 2.24) is 15.2 Å². The molecule has 9 heteroatoms. The van der Waals surface area contributed by atoms with Gasteiger partial charge in [-0.05, 0) is 36.8 Å². The largest absolute Gasteiger partial charge is 0.493 e. The van der Waals surface area contributed by atoms with E-state index >= 15 is 0 Å². The number of rotatable bonds is 7. The molecular weight excluding hydrogens is 376 g/mol. The van der Waals surface area contributed by atoms with Crippen LogP contribution >= 0.6 is 0 Å². The van der Waals surface area contributed by atoms with Crippen LogP contribution in [0.4, 0.5) is 10.6 Å². The van der Waals surface area contributed by atoms with Gasteiger partial charge in [0.1, 0.15) is 11.9 Å². The Bertz CT molecular complexity index is 946. The van der Waals surface area contributed by atoms with Crippen LogP contribution in [0.2, 0.25) is 0 Å². The predicted molar refractivity (Wildman–Crippen MR) is 105 cm³/mol. The molecule has 2 heterocycles. The summed E-state index contributed by atoms with van der Waals surface area (Å²) >= 11 is 0. The Morgan fingerprint density at radius 3 is 2.62 bits per heavy atom. The highest BCUT2D eigenvalue weighted by Crippen LogP contribution is 2.28. The maximum atomic E-state index is 12.6. The monoisotopic (exact) mass is 398 g/mol. The number of hydrogen-bond donors (Lipinski definition) is 2. The molecular formula is C20H22N4O5. The Morgan fingerprint density at radius 2 is 1.93 bits per heavy atom. The molecule has 1 fully saturated rings. The van der Waals surface area contributed by atoms with E-state index in [0.717, 1.165) is 10.6 Å². The lowest BCUT2D eigenvalue weighted by molar-refractivity contribution is -0.130. The van der Waals surface area contributed by atoms with Crippen LogP contribution in [-0.4, -0.2) is 48.0 Å². The van der Waals surface area contributed by atoms with E-state index in [0.29, 0.717) is 22.9 Å². The highest BCUT2D eigenvalue weighted by Gasteiger charge is 2.39. The average molecular weight is 398 g/mol. The molecule has 2 N–H and O–H groups in total. The predicted octanol–water partition coefficient (Wildman–Crippen LogP) is 1.86. The zero-order valence-corrected chi connectivity index (χ0v) is 16.4. The summed E-state index contributed by atoms with van der Waals surface area (Å²) in [6, 6.07) is 8.90. The fourth-order valence-electron chi connectivity index (χ4n) is 3.02. The minimum atomic E-state index is -0.924. The van der Waals surface area contributed by atoms with Crippen molar-refractivity contribution in [2.75, 3.05) is 19.5 Å². The number of urea groups is 1. The number of imide groups is 1. The second-order valence-corrected chi connectivity index (χ2v) is 6.53. The van der Waals surface area contributed by atoms with Crippen molar-refractivity contribution in [3.63, 3.8) is 0 Å². The number of anilines is 1. The summed E-state index contributed by atoms with van der Waals surface area (Å²) in [4.78, 5) is 42.4. The molecule has 0 aliphatic carbocycles. The molecule has 0 saturated carbocycles. The maximum Gasteiger partial charge on any atom is 0.325 e. The zero-order valence-electron chi connectivity index (χ0n) is 16.4. The molecule has 1 atom stereocenters. The number of aryl methyl sites for hydroxylation is 1. The number of pyridine rings is 1. The van der Waals surface area contributed by atoms with E-state index in [1.165, 1.54) is 14.2 Å². The van der Waals surface area contributed by atoms with E-state index in [4.69, 9.17) is 9.47 Å². The minimum Gasteiger partial charge on any atom is -0.493 e. The first-order valence-electron chi connectivity index (χ1n) is 8.97. The van der Waals surface area contributed by atoms with Gasteiger partial charge in [-0.25, -0.2) is 9.78 Å². The summed E-state index contributed by atoms with van der Waals surface area (Å²) in [5, 5.41) is 5.19. The molecule has 0 radical (unpaired) electrons. The number of hydrogen-bond acceptors (Lipinski definition) is 6. The van der Waals surface area contributed by atoms with Crippen molar-refractivity contribution in [3.8, 4) is 11.5 Å². The van der Waals surface area contributed by atoms with Crippen LogP contribution in [0.1, 0.15) is 17.7 Å². The van der Waals surface area contributed by atoms with E-state index in [1.54, 1.807) is 30.3 Å². The summed E-state index contributed by atoms with van der Waals surface area (Å²) in [7, 11) is 3.03. The van der Waals surface area contributed by atoms with Crippen molar-refractivity contribution in [3.05, 3.63) is 47.7 Å². The van der Waals surface area contributed by atoms with E-state index in [9.17, 15) is 14.4 Å². The van der Waals surface area contributed by atoms with E-state index < -0.39 is 23.9 Å². The molecule has 9 nitrogen and oxygen atoms in total. The quantitative estimate of drug-likeness (QED) is 0.689. The summed E-state index contributed by atoms with van der Waals surface area (Å²) in [5.74, 6) is 0.576. The highest BCUT2D eigenvalue weighted by molar-refractivity contribution is 6.06. The van der Waals surface area contributed by atoms with Crippen LogP contribution in [-0.2, 0) is 16.1 Å². The summed E-state index contributed by atoms with van der Waals surface area (Å²) in [6.07, 6.45) is -0.178. The van der Waals surface area contributed by atoms with Gasteiger partial charge in [-0.3, -0.25) is 14.5 Å². The number of nitrogens with one attached hydrogen (secondary N) is 2. The number of nitrogens with zero attached hydrogens (tertiary/aromatic N) is 2. The van der Waals surface area contributed by atoms with Crippen LogP contribution < -0.4 is 20.1 Å². The van der Waals surface area contributed by atoms with E-state index in [2.05, 4.69) is 15.6 Å².